The molecule has 0 aliphatic heterocycles. The fraction of sp³-hybridized carbons (Fsp3) is 0.200. The number of aromatic hydroxyl groups is 1. The molecule has 58 valence electrons. The first-order valence-corrected chi connectivity index (χ1v) is 3.72. The number of allylic oxidation sites excluding steroid dienone is 2. The molecule has 1 nitrogen and oxygen atoms in total. The Labute approximate surface area is 67.0 Å². The third-order valence-electron chi connectivity index (χ3n) is 1.57. The van der Waals surface area contributed by atoms with Crippen LogP contribution in [0.5, 0.6) is 5.75 Å². The van der Waals surface area contributed by atoms with Crippen LogP contribution in [0.2, 0.25) is 0 Å². The van der Waals surface area contributed by atoms with Gasteiger partial charge in [0.1, 0.15) is 5.75 Å². The van der Waals surface area contributed by atoms with Crippen LogP contribution in [0.25, 0.3) is 0 Å². The number of hydrogen-bond donors (Lipinski definition) is 1. The number of phenolic OH excluding ortho intramolecular Hbond substituents is 1. The zero-order chi connectivity index (χ0) is 8.10. The van der Waals surface area contributed by atoms with Gasteiger partial charge in [0.15, 0.2) is 0 Å². The Morgan fingerprint density at radius 3 is 2.73 bits per heavy atom. The summed E-state index contributed by atoms with van der Waals surface area (Å²) in [5, 5.41) is 9.30. The van der Waals surface area contributed by atoms with Gasteiger partial charge in [-0.05, 0) is 25.0 Å². The minimum absolute atomic E-state index is 0.380. The van der Waals surface area contributed by atoms with Crippen molar-refractivity contribution in [1.29, 1.82) is 0 Å². The highest BCUT2D eigenvalue weighted by atomic mass is 16.3. The van der Waals surface area contributed by atoms with Crippen LogP contribution in [-0.4, -0.2) is 5.11 Å². The lowest BCUT2D eigenvalue weighted by atomic mass is 10.1. The fourth-order valence-electron chi connectivity index (χ4n) is 0.928. The predicted octanol–water partition coefficient (Wildman–Crippen LogP) is 2.51. The van der Waals surface area contributed by atoms with Crippen LogP contribution in [0.15, 0.2) is 36.4 Å². The van der Waals surface area contributed by atoms with Gasteiger partial charge < -0.3 is 5.11 Å². The van der Waals surface area contributed by atoms with E-state index >= 15 is 0 Å². The van der Waals surface area contributed by atoms with Crippen LogP contribution in [0, 0.1) is 0 Å². The van der Waals surface area contributed by atoms with Gasteiger partial charge >= 0.3 is 0 Å². The third kappa shape index (κ3) is 2.11. The summed E-state index contributed by atoms with van der Waals surface area (Å²) < 4.78 is 0. The Morgan fingerprint density at radius 1 is 1.36 bits per heavy atom. The van der Waals surface area contributed by atoms with E-state index in [4.69, 9.17) is 0 Å². The van der Waals surface area contributed by atoms with Crippen LogP contribution >= 0.6 is 0 Å². The highest BCUT2D eigenvalue weighted by Crippen LogP contribution is 2.15. The van der Waals surface area contributed by atoms with Gasteiger partial charge in [-0.25, -0.2) is 0 Å². The molecule has 0 spiro atoms. The Morgan fingerprint density at radius 2 is 2.09 bits per heavy atom. The molecule has 11 heavy (non-hydrogen) atoms. The molecule has 0 aliphatic rings. The molecular weight excluding hydrogens is 136 g/mol. The van der Waals surface area contributed by atoms with Gasteiger partial charge in [-0.2, -0.15) is 0 Å². The molecule has 0 atom stereocenters. The van der Waals surface area contributed by atoms with Crippen molar-refractivity contribution < 1.29 is 5.11 Å². The summed E-state index contributed by atoms with van der Waals surface area (Å²) in [6.45, 7) is 1.97. The first-order chi connectivity index (χ1) is 5.34. The lowest BCUT2D eigenvalue weighted by Crippen LogP contribution is -1.80. The average Bonchev–Trinajstić information content (AvgIpc) is 2.03. The second-order valence-electron chi connectivity index (χ2n) is 2.40. The van der Waals surface area contributed by atoms with Crippen molar-refractivity contribution >= 4 is 0 Å². The molecule has 1 aromatic rings. The van der Waals surface area contributed by atoms with Gasteiger partial charge in [-0.15, -0.1) is 0 Å². The zero-order valence-electron chi connectivity index (χ0n) is 6.62. The third-order valence-corrected chi connectivity index (χ3v) is 1.57. The quantitative estimate of drug-likeness (QED) is 0.639. The van der Waals surface area contributed by atoms with Gasteiger partial charge in [-0.3, -0.25) is 0 Å². The molecule has 0 bridgehead atoms. The lowest BCUT2D eigenvalue weighted by molar-refractivity contribution is 0.470. The molecule has 1 heteroatoms. The first-order valence-electron chi connectivity index (χ1n) is 3.72. The van der Waals surface area contributed by atoms with Gasteiger partial charge in [0.2, 0.25) is 0 Å². The summed E-state index contributed by atoms with van der Waals surface area (Å²) in [7, 11) is 0. The van der Waals surface area contributed by atoms with Crippen LogP contribution in [0.1, 0.15) is 12.5 Å². The molecule has 0 aliphatic carbocycles. The Kier molecular flexibility index (Phi) is 2.73. The fourth-order valence-corrected chi connectivity index (χ4v) is 0.928. The van der Waals surface area contributed by atoms with Gasteiger partial charge in [0, 0.05) is 0 Å². The number of benzene rings is 1. The van der Waals surface area contributed by atoms with Crippen LogP contribution < -0.4 is 0 Å². The molecule has 1 rings (SSSR count). The van der Waals surface area contributed by atoms with Crippen LogP contribution in [0.4, 0.5) is 0 Å². The smallest absolute Gasteiger partial charge is 0.119 e. The molecule has 1 aromatic carbocycles. The molecule has 0 fully saturated rings. The molecule has 0 aromatic heterocycles. The van der Waals surface area contributed by atoms with E-state index in [0.717, 1.165) is 12.0 Å². The SMILES string of the molecule is C/C=C\Cc1ccccc1O. The van der Waals surface area contributed by atoms with E-state index in [1.807, 2.05) is 37.3 Å². The largest absolute Gasteiger partial charge is 0.508 e. The minimum Gasteiger partial charge on any atom is -0.508 e. The second-order valence-corrected chi connectivity index (χ2v) is 2.40. The van der Waals surface area contributed by atoms with Crippen LogP contribution in [-0.2, 0) is 6.42 Å². The van der Waals surface area contributed by atoms with Crippen molar-refractivity contribution in [2.24, 2.45) is 0 Å². The first kappa shape index (κ1) is 7.86. The van der Waals surface area contributed by atoms with Crippen molar-refractivity contribution in [3.05, 3.63) is 42.0 Å². The van der Waals surface area contributed by atoms with Crippen molar-refractivity contribution in [3.63, 3.8) is 0 Å². The Balaban J connectivity index is 2.77. The summed E-state index contributed by atoms with van der Waals surface area (Å²) in [5.41, 5.74) is 0.977. The molecule has 0 saturated carbocycles. The topological polar surface area (TPSA) is 20.2 Å². The van der Waals surface area contributed by atoms with Crippen molar-refractivity contribution in [1.82, 2.24) is 0 Å². The highest BCUT2D eigenvalue weighted by molar-refractivity contribution is 5.33. The number of phenols is 1. The van der Waals surface area contributed by atoms with E-state index in [9.17, 15) is 5.11 Å². The normalized spacial score (nSPS) is 10.6. The van der Waals surface area contributed by atoms with Gasteiger partial charge in [-0.1, -0.05) is 30.4 Å². The maximum atomic E-state index is 9.30. The Hall–Kier alpha value is -1.24. The summed E-state index contributed by atoms with van der Waals surface area (Å²) in [6.07, 6.45) is 4.81. The molecule has 1 N–H and O–H groups in total. The monoisotopic (exact) mass is 148 g/mol. The van der Waals surface area contributed by atoms with E-state index in [1.54, 1.807) is 6.07 Å². The van der Waals surface area contributed by atoms with E-state index in [2.05, 4.69) is 0 Å². The molecule has 0 radical (unpaired) electrons. The summed E-state index contributed by atoms with van der Waals surface area (Å²) in [6, 6.07) is 7.39. The summed E-state index contributed by atoms with van der Waals surface area (Å²) >= 11 is 0. The zero-order valence-corrected chi connectivity index (χ0v) is 6.62. The van der Waals surface area contributed by atoms with Crippen molar-refractivity contribution in [3.8, 4) is 5.75 Å². The number of hydrogen-bond acceptors (Lipinski definition) is 1. The molecular formula is C10H12O. The minimum atomic E-state index is 0.380. The summed E-state index contributed by atoms with van der Waals surface area (Å²) in [5.74, 6) is 0.380. The molecule has 0 unspecified atom stereocenters. The van der Waals surface area contributed by atoms with Gasteiger partial charge in [0.25, 0.3) is 0 Å². The maximum absolute atomic E-state index is 9.30. The van der Waals surface area contributed by atoms with Crippen molar-refractivity contribution in [2.45, 2.75) is 13.3 Å². The van der Waals surface area contributed by atoms with Crippen LogP contribution in [0.3, 0.4) is 0 Å². The average molecular weight is 148 g/mol. The lowest BCUT2D eigenvalue weighted by Gasteiger charge is -1.98. The molecule has 0 saturated heterocycles. The van der Waals surface area contributed by atoms with E-state index in [-0.39, 0.29) is 0 Å². The second kappa shape index (κ2) is 3.81. The number of para-hydroxylation sites is 1. The van der Waals surface area contributed by atoms with E-state index in [1.165, 1.54) is 0 Å². The van der Waals surface area contributed by atoms with Gasteiger partial charge in [0.05, 0.1) is 0 Å². The number of rotatable bonds is 2. The standard InChI is InChI=1S/C10H12O/c1-2-3-6-9-7-4-5-8-10(9)11/h2-5,7-8,11H,6H2,1H3/b3-2-. The highest BCUT2D eigenvalue weighted by Gasteiger charge is 1.94. The summed E-state index contributed by atoms with van der Waals surface area (Å²) in [4.78, 5) is 0. The van der Waals surface area contributed by atoms with E-state index in [0.29, 0.717) is 5.75 Å². The van der Waals surface area contributed by atoms with E-state index < -0.39 is 0 Å². The molecule has 0 amide bonds. The van der Waals surface area contributed by atoms with Crippen molar-refractivity contribution in [2.75, 3.05) is 0 Å². The molecule has 0 heterocycles. The predicted molar refractivity (Wildman–Crippen MR) is 46.6 cm³/mol. The Bertz CT molecular complexity index is 251. The maximum Gasteiger partial charge on any atom is 0.119 e.